The van der Waals surface area contributed by atoms with Crippen LogP contribution in [0.3, 0.4) is 0 Å². The quantitative estimate of drug-likeness (QED) is 0.912. The van der Waals surface area contributed by atoms with Crippen molar-refractivity contribution in [3.8, 4) is 0 Å². The van der Waals surface area contributed by atoms with Gasteiger partial charge in [-0.05, 0) is 12.1 Å². The zero-order valence-electron chi connectivity index (χ0n) is 13.6. The fourth-order valence-electron chi connectivity index (χ4n) is 2.86. The van der Waals surface area contributed by atoms with Gasteiger partial charge in [0.25, 0.3) is 0 Å². The lowest BCUT2D eigenvalue weighted by atomic mass is 10.2. The number of nitrogens with zero attached hydrogens (tertiary/aromatic N) is 6. The van der Waals surface area contributed by atoms with Crippen molar-refractivity contribution in [2.24, 2.45) is 7.05 Å². The second kappa shape index (κ2) is 6.81. The van der Waals surface area contributed by atoms with Gasteiger partial charge in [-0.25, -0.2) is 9.18 Å². The van der Waals surface area contributed by atoms with Crippen LogP contribution in [-0.4, -0.2) is 63.3 Å². The molecule has 2 amide bonds. The Morgan fingerprint density at radius 3 is 3.04 bits per heavy atom. The third kappa shape index (κ3) is 3.61. The molecular weight excluding hydrogens is 313 g/mol. The molecule has 1 aliphatic heterocycles. The van der Waals surface area contributed by atoms with Crippen LogP contribution < -0.4 is 10.2 Å². The van der Waals surface area contributed by atoms with Crippen LogP contribution >= 0.6 is 0 Å². The van der Waals surface area contributed by atoms with Gasteiger partial charge < -0.3 is 15.1 Å². The van der Waals surface area contributed by atoms with E-state index in [2.05, 4.69) is 20.6 Å². The number of urea groups is 1. The molecule has 0 unspecified atom stereocenters. The highest BCUT2D eigenvalue weighted by Crippen LogP contribution is 2.25. The summed E-state index contributed by atoms with van der Waals surface area (Å²) in [5.41, 5.74) is 0.620. The van der Waals surface area contributed by atoms with Gasteiger partial charge in [-0.15, -0.1) is 5.10 Å². The number of halogens is 1. The Morgan fingerprint density at radius 1 is 1.54 bits per heavy atom. The molecule has 128 valence electrons. The molecule has 1 aliphatic rings. The number of likely N-dealkylation sites (N-methyl/N-ethyl adjacent to an activating group) is 1. The molecule has 9 heteroatoms. The molecule has 1 N–H and O–H groups in total. The lowest BCUT2D eigenvalue weighted by Gasteiger charge is -2.28. The van der Waals surface area contributed by atoms with Gasteiger partial charge in [-0.3, -0.25) is 4.68 Å². The lowest BCUT2D eigenvalue weighted by Crippen LogP contribution is -2.43. The van der Waals surface area contributed by atoms with Crippen molar-refractivity contribution in [1.29, 1.82) is 0 Å². The van der Waals surface area contributed by atoms with Gasteiger partial charge in [0.15, 0.2) is 5.82 Å². The first kappa shape index (κ1) is 16.2. The zero-order chi connectivity index (χ0) is 17.1. The molecule has 3 heterocycles. The van der Waals surface area contributed by atoms with Crippen molar-refractivity contribution in [1.82, 2.24) is 24.9 Å². The van der Waals surface area contributed by atoms with E-state index in [1.165, 1.54) is 0 Å². The molecule has 0 aliphatic carbocycles. The van der Waals surface area contributed by atoms with E-state index in [-0.39, 0.29) is 18.6 Å². The molecule has 0 aromatic carbocycles. The number of nitrogens with one attached hydrogen (secondary N) is 1. The van der Waals surface area contributed by atoms with E-state index in [0.717, 1.165) is 0 Å². The molecule has 8 nitrogen and oxygen atoms in total. The minimum absolute atomic E-state index is 0.138. The van der Waals surface area contributed by atoms with Gasteiger partial charge in [-0.2, -0.15) is 10.2 Å². The van der Waals surface area contributed by atoms with Gasteiger partial charge >= 0.3 is 6.03 Å². The molecule has 0 saturated carbocycles. The Hall–Kier alpha value is -2.71. The second-order valence-corrected chi connectivity index (χ2v) is 5.93. The SMILES string of the molecule is CN(C[C@@H]1C[C@H](F)CN1c1cccnn1)C(=O)Nc1cnn(C)c1. The summed E-state index contributed by atoms with van der Waals surface area (Å²) in [6.07, 6.45) is 4.29. The maximum Gasteiger partial charge on any atom is 0.321 e. The Balaban J connectivity index is 1.63. The highest BCUT2D eigenvalue weighted by atomic mass is 19.1. The Morgan fingerprint density at radius 2 is 2.38 bits per heavy atom. The van der Waals surface area contributed by atoms with Crippen LogP contribution in [-0.2, 0) is 7.05 Å². The first-order chi connectivity index (χ1) is 11.5. The van der Waals surface area contributed by atoms with Crippen LogP contribution in [0, 0.1) is 0 Å². The number of carbonyl (C=O) groups is 1. The van der Waals surface area contributed by atoms with Gasteiger partial charge in [0, 0.05) is 39.5 Å². The van der Waals surface area contributed by atoms with E-state index < -0.39 is 6.17 Å². The average molecular weight is 333 g/mol. The van der Waals surface area contributed by atoms with E-state index >= 15 is 0 Å². The molecule has 1 saturated heterocycles. The summed E-state index contributed by atoms with van der Waals surface area (Å²) in [6, 6.07) is 3.17. The predicted octanol–water partition coefficient (Wildman–Crippen LogP) is 1.29. The Bertz CT molecular complexity index is 692. The van der Waals surface area contributed by atoms with E-state index in [0.29, 0.717) is 24.5 Å². The summed E-state index contributed by atoms with van der Waals surface area (Å²) in [5.74, 6) is 0.628. The van der Waals surface area contributed by atoms with Crippen molar-refractivity contribution in [2.75, 3.05) is 30.4 Å². The maximum absolute atomic E-state index is 13.9. The fourth-order valence-corrected chi connectivity index (χ4v) is 2.86. The van der Waals surface area contributed by atoms with Gasteiger partial charge in [-0.1, -0.05) is 0 Å². The Labute approximate surface area is 139 Å². The molecule has 1 fully saturated rings. The first-order valence-electron chi connectivity index (χ1n) is 7.72. The molecule has 24 heavy (non-hydrogen) atoms. The van der Waals surface area contributed by atoms with E-state index in [1.807, 2.05) is 4.90 Å². The number of hydrogen-bond donors (Lipinski definition) is 1. The number of anilines is 2. The van der Waals surface area contributed by atoms with Crippen LogP contribution in [0.4, 0.5) is 20.7 Å². The van der Waals surface area contributed by atoms with Crippen LogP contribution in [0.1, 0.15) is 6.42 Å². The van der Waals surface area contributed by atoms with Gasteiger partial charge in [0.05, 0.1) is 24.5 Å². The zero-order valence-corrected chi connectivity index (χ0v) is 13.6. The maximum atomic E-state index is 13.9. The summed E-state index contributed by atoms with van der Waals surface area (Å²) >= 11 is 0. The summed E-state index contributed by atoms with van der Waals surface area (Å²) in [7, 11) is 3.46. The number of aromatic nitrogens is 4. The molecule has 0 spiro atoms. The van der Waals surface area contributed by atoms with E-state index in [4.69, 9.17) is 0 Å². The molecule has 0 radical (unpaired) electrons. The summed E-state index contributed by atoms with van der Waals surface area (Å²) in [5, 5.41) is 14.7. The molecule has 2 aromatic heterocycles. The molecule has 0 bridgehead atoms. The summed E-state index contributed by atoms with van der Waals surface area (Å²) in [6.45, 7) is 0.657. The lowest BCUT2D eigenvalue weighted by molar-refractivity contribution is 0.218. The van der Waals surface area contributed by atoms with Gasteiger partial charge in [0.1, 0.15) is 6.17 Å². The largest absolute Gasteiger partial charge is 0.347 e. The van der Waals surface area contributed by atoms with Crippen molar-refractivity contribution in [3.63, 3.8) is 0 Å². The van der Waals surface area contributed by atoms with Crippen LogP contribution in [0.5, 0.6) is 0 Å². The van der Waals surface area contributed by atoms with Crippen molar-refractivity contribution >= 4 is 17.5 Å². The standard InChI is InChI=1S/C15H20FN7O/c1-21(15(24)19-12-7-18-22(2)9-12)10-13-6-11(16)8-23(13)14-4-3-5-17-20-14/h3-5,7,9,11,13H,6,8,10H2,1-2H3,(H,19,24)/t11-,13-/m0/s1. The van der Waals surface area contributed by atoms with E-state index in [9.17, 15) is 9.18 Å². The predicted molar refractivity (Wildman–Crippen MR) is 87.5 cm³/mol. The van der Waals surface area contributed by atoms with Crippen LogP contribution in [0.25, 0.3) is 0 Å². The Kier molecular flexibility index (Phi) is 4.59. The second-order valence-electron chi connectivity index (χ2n) is 5.93. The first-order valence-corrected chi connectivity index (χ1v) is 7.72. The number of alkyl halides is 1. The van der Waals surface area contributed by atoms with Crippen molar-refractivity contribution in [3.05, 3.63) is 30.7 Å². The number of aryl methyl sites for hydroxylation is 1. The number of rotatable bonds is 4. The van der Waals surface area contributed by atoms with Gasteiger partial charge in [0.2, 0.25) is 0 Å². The van der Waals surface area contributed by atoms with Crippen LogP contribution in [0.2, 0.25) is 0 Å². The molecule has 2 atom stereocenters. The summed E-state index contributed by atoms with van der Waals surface area (Å²) < 4.78 is 15.5. The third-order valence-corrected chi connectivity index (χ3v) is 4.00. The minimum Gasteiger partial charge on any atom is -0.347 e. The molecule has 2 aromatic rings. The van der Waals surface area contributed by atoms with Crippen molar-refractivity contribution in [2.45, 2.75) is 18.6 Å². The highest BCUT2D eigenvalue weighted by molar-refractivity contribution is 5.88. The van der Waals surface area contributed by atoms with E-state index in [1.54, 1.807) is 54.4 Å². The van der Waals surface area contributed by atoms with Crippen LogP contribution in [0.15, 0.2) is 30.7 Å². The average Bonchev–Trinajstić information content (AvgIpc) is 3.13. The normalized spacial score (nSPS) is 20.2. The van der Waals surface area contributed by atoms with Crippen molar-refractivity contribution < 1.29 is 9.18 Å². The summed E-state index contributed by atoms with van der Waals surface area (Å²) in [4.78, 5) is 15.7. The third-order valence-electron chi connectivity index (χ3n) is 4.00. The molecular formula is C15H20FN7O. The fraction of sp³-hybridized carbons (Fsp3) is 0.467. The minimum atomic E-state index is -0.938. The molecule has 3 rings (SSSR count). The highest BCUT2D eigenvalue weighted by Gasteiger charge is 2.34. The number of amides is 2. The smallest absolute Gasteiger partial charge is 0.321 e. The monoisotopic (exact) mass is 333 g/mol. The number of carbonyl (C=O) groups excluding carboxylic acids is 1. The topological polar surface area (TPSA) is 79.2 Å². The number of hydrogen-bond acceptors (Lipinski definition) is 5.